The summed E-state index contributed by atoms with van der Waals surface area (Å²) in [6.07, 6.45) is 5.15. The number of likely N-dealkylation sites (N-methyl/N-ethyl adjacent to an activating group) is 1. The Morgan fingerprint density at radius 1 is 1.24 bits per heavy atom. The van der Waals surface area contributed by atoms with Crippen molar-refractivity contribution in [2.75, 3.05) is 26.0 Å². The fourth-order valence-corrected chi connectivity index (χ4v) is 3.30. The van der Waals surface area contributed by atoms with Gasteiger partial charge in [0.15, 0.2) is 0 Å². The quantitative estimate of drug-likeness (QED) is 0.834. The monoisotopic (exact) mass is 354 g/mol. The molecule has 0 aliphatic heterocycles. The first-order valence-corrected chi connectivity index (χ1v) is 8.49. The van der Waals surface area contributed by atoms with Gasteiger partial charge in [-0.3, -0.25) is 0 Å². The van der Waals surface area contributed by atoms with Gasteiger partial charge in [0.05, 0.1) is 0 Å². The molecule has 1 saturated carbocycles. The number of hydrogen-bond acceptors (Lipinski definition) is 4. The summed E-state index contributed by atoms with van der Waals surface area (Å²) in [4.78, 5) is 11.5. The number of halogens is 1. The first-order chi connectivity index (χ1) is 9.73. The molecule has 1 heterocycles. The van der Waals surface area contributed by atoms with Gasteiger partial charge < -0.3 is 10.2 Å². The van der Waals surface area contributed by atoms with Gasteiger partial charge in [-0.1, -0.05) is 33.6 Å². The van der Waals surface area contributed by atoms with E-state index in [9.17, 15) is 0 Å². The van der Waals surface area contributed by atoms with E-state index in [2.05, 4.69) is 71.0 Å². The van der Waals surface area contributed by atoms with Gasteiger partial charge in [0.25, 0.3) is 0 Å². The molecule has 1 fully saturated rings. The van der Waals surface area contributed by atoms with E-state index in [1.54, 1.807) is 0 Å². The van der Waals surface area contributed by atoms with Crippen molar-refractivity contribution in [3.63, 3.8) is 0 Å². The van der Waals surface area contributed by atoms with Gasteiger partial charge in [-0.2, -0.15) is 0 Å². The summed E-state index contributed by atoms with van der Waals surface area (Å²) in [5.74, 6) is 1.78. The minimum absolute atomic E-state index is 0.0488. The number of anilines is 1. The van der Waals surface area contributed by atoms with Crippen LogP contribution in [-0.2, 0) is 5.41 Å². The lowest BCUT2D eigenvalue weighted by Gasteiger charge is -2.36. The number of hydrogen-bond donors (Lipinski definition) is 1. The van der Waals surface area contributed by atoms with Crippen molar-refractivity contribution in [1.29, 1.82) is 0 Å². The second-order valence-corrected chi connectivity index (χ2v) is 8.14. The van der Waals surface area contributed by atoms with Crippen LogP contribution in [0.1, 0.15) is 52.3 Å². The SMILES string of the molecule is CN(C)C1(CNc2cc(Br)nc(C(C)(C)C)n2)CCCC1. The van der Waals surface area contributed by atoms with Crippen molar-refractivity contribution in [2.45, 2.75) is 57.4 Å². The number of nitrogens with zero attached hydrogens (tertiary/aromatic N) is 3. The van der Waals surface area contributed by atoms with Crippen LogP contribution in [0.25, 0.3) is 0 Å². The first kappa shape index (κ1) is 16.7. The molecule has 2 rings (SSSR count). The number of rotatable bonds is 4. The van der Waals surface area contributed by atoms with Crippen molar-refractivity contribution in [3.05, 3.63) is 16.5 Å². The Morgan fingerprint density at radius 3 is 2.38 bits per heavy atom. The molecule has 21 heavy (non-hydrogen) atoms. The minimum atomic E-state index is -0.0488. The zero-order valence-corrected chi connectivity index (χ0v) is 15.4. The van der Waals surface area contributed by atoms with Crippen LogP contribution in [0.15, 0.2) is 10.7 Å². The highest BCUT2D eigenvalue weighted by molar-refractivity contribution is 9.10. The average molecular weight is 355 g/mol. The molecule has 5 heteroatoms. The van der Waals surface area contributed by atoms with Crippen molar-refractivity contribution >= 4 is 21.7 Å². The van der Waals surface area contributed by atoms with Crippen LogP contribution >= 0.6 is 15.9 Å². The molecule has 1 aliphatic rings. The number of aromatic nitrogens is 2. The maximum absolute atomic E-state index is 4.69. The van der Waals surface area contributed by atoms with E-state index in [1.807, 2.05) is 6.07 Å². The first-order valence-electron chi connectivity index (χ1n) is 7.69. The predicted octanol–water partition coefficient (Wildman–Crippen LogP) is 3.82. The molecule has 0 radical (unpaired) electrons. The van der Waals surface area contributed by atoms with E-state index < -0.39 is 0 Å². The highest BCUT2D eigenvalue weighted by Crippen LogP contribution is 2.34. The summed E-state index contributed by atoms with van der Waals surface area (Å²) in [6, 6.07) is 1.97. The molecular weight excluding hydrogens is 328 g/mol. The van der Waals surface area contributed by atoms with Crippen molar-refractivity contribution in [2.24, 2.45) is 0 Å². The molecule has 0 saturated heterocycles. The molecule has 0 aromatic carbocycles. The van der Waals surface area contributed by atoms with E-state index in [0.717, 1.165) is 22.8 Å². The van der Waals surface area contributed by atoms with Gasteiger partial charge in [-0.25, -0.2) is 9.97 Å². The van der Waals surface area contributed by atoms with Crippen LogP contribution in [0.2, 0.25) is 0 Å². The van der Waals surface area contributed by atoms with Crippen LogP contribution in [0.3, 0.4) is 0 Å². The van der Waals surface area contributed by atoms with Crippen molar-refractivity contribution in [1.82, 2.24) is 14.9 Å². The summed E-state index contributed by atoms with van der Waals surface area (Å²) >= 11 is 3.50. The third-order valence-corrected chi connectivity index (χ3v) is 4.85. The topological polar surface area (TPSA) is 41.0 Å². The largest absolute Gasteiger partial charge is 0.368 e. The van der Waals surface area contributed by atoms with Crippen LogP contribution in [-0.4, -0.2) is 41.0 Å². The minimum Gasteiger partial charge on any atom is -0.368 e. The Labute approximate surface area is 136 Å². The molecule has 0 amide bonds. The molecule has 0 bridgehead atoms. The lowest BCUT2D eigenvalue weighted by atomic mass is 9.95. The lowest BCUT2D eigenvalue weighted by molar-refractivity contribution is 0.172. The van der Waals surface area contributed by atoms with Crippen LogP contribution in [0.5, 0.6) is 0 Å². The zero-order valence-electron chi connectivity index (χ0n) is 13.8. The van der Waals surface area contributed by atoms with Crippen LogP contribution in [0, 0.1) is 0 Å². The van der Waals surface area contributed by atoms with Gasteiger partial charge in [0.2, 0.25) is 0 Å². The lowest BCUT2D eigenvalue weighted by Crippen LogP contribution is -2.47. The highest BCUT2D eigenvalue weighted by atomic mass is 79.9. The molecule has 0 unspecified atom stereocenters. The Bertz CT molecular complexity index is 488. The molecule has 1 aliphatic carbocycles. The highest BCUT2D eigenvalue weighted by Gasteiger charge is 2.35. The summed E-state index contributed by atoms with van der Waals surface area (Å²) in [5.41, 5.74) is 0.214. The van der Waals surface area contributed by atoms with E-state index in [0.29, 0.717) is 0 Å². The second kappa shape index (κ2) is 6.21. The van der Waals surface area contributed by atoms with Crippen LogP contribution in [0.4, 0.5) is 5.82 Å². The summed E-state index contributed by atoms with van der Waals surface area (Å²) in [5, 5.41) is 3.54. The van der Waals surface area contributed by atoms with Crippen molar-refractivity contribution < 1.29 is 0 Å². The third-order valence-electron chi connectivity index (χ3n) is 4.45. The molecule has 4 nitrogen and oxygen atoms in total. The Hall–Kier alpha value is -0.680. The maximum atomic E-state index is 4.69. The number of nitrogens with one attached hydrogen (secondary N) is 1. The third kappa shape index (κ3) is 3.95. The van der Waals surface area contributed by atoms with Gasteiger partial charge in [-0.05, 0) is 42.9 Å². The smallest absolute Gasteiger partial charge is 0.137 e. The van der Waals surface area contributed by atoms with E-state index >= 15 is 0 Å². The second-order valence-electron chi connectivity index (χ2n) is 7.33. The molecule has 118 valence electrons. The summed E-state index contributed by atoms with van der Waals surface area (Å²) in [7, 11) is 4.37. The fraction of sp³-hybridized carbons (Fsp3) is 0.750. The maximum Gasteiger partial charge on any atom is 0.137 e. The average Bonchev–Trinajstić information content (AvgIpc) is 2.85. The normalized spacial score (nSPS) is 18.2. The van der Waals surface area contributed by atoms with Gasteiger partial charge in [-0.15, -0.1) is 0 Å². The van der Waals surface area contributed by atoms with Gasteiger partial charge >= 0.3 is 0 Å². The van der Waals surface area contributed by atoms with E-state index in [4.69, 9.17) is 0 Å². The molecule has 0 atom stereocenters. The molecule has 1 aromatic heterocycles. The molecule has 0 spiro atoms. The van der Waals surface area contributed by atoms with E-state index in [1.165, 1.54) is 25.7 Å². The Kier molecular flexibility index (Phi) is 4.93. The van der Waals surface area contributed by atoms with Gasteiger partial charge in [0.1, 0.15) is 16.2 Å². The summed E-state index contributed by atoms with van der Waals surface area (Å²) in [6.45, 7) is 7.34. The summed E-state index contributed by atoms with van der Waals surface area (Å²) < 4.78 is 0.843. The van der Waals surface area contributed by atoms with Gasteiger partial charge in [0, 0.05) is 23.6 Å². The Balaban J connectivity index is 2.14. The van der Waals surface area contributed by atoms with Crippen molar-refractivity contribution in [3.8, 4) is 0 Å². The molecule has 1 aromatic rings. The molecular formula is C16H27BrN4. The standard InChI is InChI=1S/C16H27BrN4/c1-15(2,3)14-19-12(17)10-13(20-14)18-11-16(21(4)5)8-6-7-9-16/h10H,6-9,11H2,1-5H3,(H,18,19,20). The zero-order chi connectivity index (χ0) is 15.7. The Morgan fingerprint density at radius 2 is 1.86 bits per heavy atom. The van der Waals surface area contributed by atoms with E-state index in [-0.39, 0.29) is 11.0 Å². The van der Waals surface area contributed by atoms with Crippen LogP contribution < -0.4 is 5.32 Å². The predicted molar refractivity (Wildman–Crippen MR) is 91.8 cm³/mol. The molecule has 1 N–H and O–H groups in total. The fourth-order valence-electron chi connectivity index (χ4n) is 2.91.